The van der Waals surface area contributed by atoms with Crippen LogP contribution in [0.25, 0.3) is 0 Å². The van der Waals surface area contributed by atoms with Crippen molar-refractivity contribution in [2.24, 2.45) is 0 Å². The van der Waals surface area contributed by atoms with E-state index in [2.05, 4.69) is 36.5 Å². The number of rotatable bonds is 7. The maximum absolute atomic E-state index is 13.3. The number of nitrogens with one attached hydrogen (secondary N) is 1. The second-order valence-electron chi connectivity index (χ2n) is 6.73. The van der Waals surface area contributed by atoms with Crippen molar-refractivity contribution in [1.29, 1.82) is 0 Å². The van der Waals surface area contributed by atoms with Crippen molar-refractivity contribution in [3.63, 3.8) is 0 Å². The maximum atomic E-state index is 13.3. The third-order valence-corrected chi connectivity index (χ3v) is 5.26. The lowest BCUT2D eigenvalue weighted by molar-refractivity contribution is -0.122. The molecule has 1 N–H and O–H groups in total. The van der Waals surface area contributed by atoms with Gasteiger partial charge in [-0.2, -0.15) is 0 Å². The van der Waals surface area contributed by atoms with Crippen LogP contribution >= 0.6 is 11.3 Å². The quantitative estimate of drug-likeness (QED) is 0.651. The molecule has 0 fully saturated rings. The van der Waals surface area contributed by atoms with Gasteiger partial charge in [0.1, 0.15) is 5.82 Å². The molecule has 0 saturated carbocycles. The third-order valence-electron chi connectivity index (χ3n) is 4.32. The Kier molecular flexibility index (Phi) is 6.37. The molecule has 3 nitrogen and oxygen atoms in total. The van der Waals surface area contributed by atoms with E-state index in [9.17, 15) is 9.18 Å². The summed E-state index contributed by atoms with van der Waals surface area (Å²) in [5.74, 6) is -0.347. The van der Waals surface area contributed by atoms with Gasteiger partial charge in [0.2, 0.25) is 5.91 Å². The van der Waals surface area contributed by atoms with E-state index in [-0.39, 0.29) is 24.3 Å². The number of carbonyl (C=O) groups excluding carboxylic acids is 1. The van der Waals surface area contributed by atoms with Crippen molar-refractivity contribution in [3.05, 3.63) is 93.4 Å². The molecule has 1 amide bonds. The zero-order valence-electron chi connectivity index (χ0n) is 15.5. The van der Waals surface area contributed by atoms with E-state index < -0.39 is 0 Å². The van der Waals surface area contributed by atoms with Crippen molar-refractivity contribution >= 4 is 17.2 Å². The van der Waals surface area contributed by atoms with E-state index >= 15 is 0 Å². The minimum Gasteiger partial charge on any atom is -0.343 e. The number of thiophene rings is 1. The molecular formula is C22H23FN2OS. The Morgan fingerprint density at radius 1 is 1.11 bits per heavy atom. The predicted octanol–water partition coefficient (Wildman–Crippen LogP) is 4.53. The van der Waals surface area contributed by atoms with Crippen molar-refractivity contribution in [1.82, 2.24) is 10.2 Å². The van der Waals surface area contributed by atoms with E-state index in [0.717, 1.165) is 10.4 Å². The van der Waals surface area contributed by atoms with E-state index in [4.69, 9.17) is 0 Å². The summed E-state index contributed by atoms with van der Waals surface area (Å²) in [6, 6.07) is 18.2. The number of halogens is 1. The summed E-state index contributed by atoms with van der Waals surface area (Å²) in [4.78, 5) is 15.6. The molecular weight excluding hydrogens is 359 g/mol. The maximum Gasteiger partial charge on any atom is 0.234 e. The monoisotopic (exact) mass is 382 g/mol. The Morgan fingerprint density at radius 2 is 1.81 bits per heavy atom. The molecule has 0 aliphatic rings. The van der Waals surface area contributed by atoms with Crippen molar-refractivity contribution in [2.75, 3.05) is 13.6 Å². The Balaban J connectivity index is 1.65. The topological polar surface area (TPSA) is 32.3 Å². The van der Waals surface area contributed by atoms with Gasteiger partial charge in [0.15, 0.2) is 0 Å². The number of benzene rings is 2. The van der Waals surface area contributed by atoms with Gasteiger partial charge in [-0.05, 0) is 48.7 Å². The molecule has 0 aliphatic carbocycles. The molecule has 0 saturated heterocycles. The van der Waals surface area contributed by atoms with Gasteiger partial charge >= 0.3 is 0 Å². The lowest BCUT2D eigenvalue weighted by Gasteiger charge is -2.21. The van der Waals surface area contributed by atoms with Gasteiger partial charge in [-0.1, -0.05) is 48.0 Å². The van der Waals surface area contributed by atoms with Crippen LogP contribution in [0.15, 0.2) is 66.0 Å². The summed E-state index contributed by atoms with van der Waals surface area (Å²) in [7, 11) is 1.93. The molecule has 5 heteroatoms. The molecule has 1 unspecified atom stereocenters. The lowest BCUT2D eigenvalue weighted by atomic mass is 10.1. The first kappa shape index (κ1) is 19.3. The zero-order chi connectivity index (χ0) is 19.2. The summed E-state index contributed by atoms with van der Waals surface area (Å²) >= 11 is 1.57. The first-order valence-corrected chi connectivity index (χ1v) is 9.71. The number of hydrogen-bond donors (Lipinski definition) is 1. The van der Waals surface area contributed by atoms with Crippen LogP contribution in [-0.4, -0.2) is 24.4 Å². The van der Waals surface area contributed by atoms with Gasteiger partial charge in [0, 0.05) is 11.4 Å². The molecule has 0 spiro atoms. The molecule has 3 rings (SSSR count). The minimum atomic E-state index is -0.284. The second kappa shape index (κ2) is 8.93. The molecule has 1 atom stereocenters. The number of likely N-dealkylation sites (N-methyl/N-ethyl adjacent to an activating group) is 1. The largest absolute Gasteiger partial charge is 0.343 e. The average molecular weight is 383 g/mol. The van der Waals surface area contributed by atoms with Crippen LogP contribution in [0.1, 0.15) is 27.6 Å². The first-order valence-electron chi connectivity index (χ1n) is 8.83. The highest BCUT2D eigenvalue weighted by atomic mass is 32.1. The zero-order valence-corrected chi connectivity index (χ0v) is 16.3. The highest BCUT2D eigenvalue weighted by Gasteiger charge is 2.19. The van der Waals surface area contributed by atoms with Crippen molar-refractivity contribution in [2.45, 2.75) is 19.5 Å². The van der Waals surface area contributed by atoms with E-state index in [1.54, 1.807) is 23.5 Å². The Bertz CT molecular complexity index is 860. The molecule has 140 valence electrons. The van der Waals surface area contributed by atoms with Gasteiger partial charge in [0.25, 0.3) is 0 Å². The summed E-state index contributed by atoms with van der Waals surface area (Å²) in [6.45, 7) is 3.05. The molecule has 3 aromatic rings. The number of aryl methyl sites for hydroxylation is 1. The lowest BCUT2D eigenvalue weighted by Crippen LogP contribution is -2.37. The molecule has 27 heavy (non-hydrogen) atoms. The highest BCUT2D eigenvalue weighted by molar-refractivity contribution is 7.10. The Labute approximate surface area is 163 Å². The van der Waals surface area contributed by atoms with Crippen molar-refractivity contribution < 1.29 is 9.18 Å². The molecule has 2 aromatic carbocycles. The summed E-state index contributed by atoms with van der Waals surface area (Å²) in [5.41, 5.74) is 3.26. The molecule has 0 radical (unpaired) electrons. The van der Waals surface area contributed by atoms with Crippen LogP contribution in [-0.2, 0) is 11.3 Å². The summed E-state index contributed by atoms with van der Waals surface area (Å²) in [6.07, 6.45) is 0. The SMILES string of the molecule is Cc1ccc(CN(C)CC(=O)NC(c2ccc(F)cc2)c2cccs2)cc1. The predicted molar refractivity (Wildman–Crippen MR) is 108 cm³/mol. The Hall–Kier alpha value is -2.50. The van der Waals surface area contributed by atoms with Crippen LogP contribution in [0.4, 0.5) is 4.39 Å². The van der Waals surface area contributed by atoms with Gasteiger partial charge in [-0.15, -0.1) is 11.3 Å². The van der Waals surface area contributed by atoms with Crippen LogP contribution in [0.3, 0.4) is 0 Å². The fourth-order valence-electron chi connectivity index (χ4n) is 2.94. The van der Waals surface area contributed by atoms with Crippen LogP contribution in [0.2, 0.25) is 0 Å². The normalized spacial score (nSPS) is 12.1. The van der Waals surface area contributed by atoms with Gasteiger partial charge in [0.05, 0.1) is 12.6 Å². The standard InChI is InChI=1S/C22H23FN2OS/c1-16-5-7-17(8-6-16)14-25(2)15-21(26)24-22(20-4-3-13-27-20)18-9-11-19(23)12-10-18/h3-13,22H,14-15H2,1-2H3,(H,24,26). The highest BCUT2D eigenvalue weighted by Crippen LogP contribution is 2.26. The fraction of sp³-hybridized carbons (Fsp3) is 0.227. The van der Waals surface area contributed by atoms with Crippen LogP contribution in [0.5, 0.6) is 0 Å². The average Bonchev–Trinajstić information content (AvgIpc) is 3.17. The minimum absolute atomic E-state index is 0.0627. The Morgan fingerprint density at radius 3 is 2.44 bits per heavy atom. The van der Waals surface area contributed by atoms with E-state index in [0.29, 0.717) is 6.54 Å². The van der Waals surface area contributed by atoms with E-state index in [1.165, 1.54) is 23.3 Å². The molecule has 1 heterocycles. The molecule has 0 aliphatic heterocycles. The number of hydrogen-bond acceptors (Lipinski definition) is 3. The smallest absolute Gasteiger partial charge is 0.234 e. The first-order chi connectivity index (χ1) is 13.0. The number of nitrogens with zero attached hydrogens (tertiary/aromatic N) is 1. The molecule has 0 bridgehead atoms. The fourth-order valence-corrected chi connectivity index (χ4v) is 3.74. The van der Waals surface area contributed by atoms with Gasteiger partial charge < -0.3 is 5.32 Å². The molecule has 1 aromatic heterocycles. The summed E-state index contributed by atoms with van der Waals surface area (Å²) in [5, 5.41) is 5.06. The van der Waals surface area contributed by atoms with Crippen molar-refractivity contribution in [3.8, 4) is 0 Å². The van der Waals surface area contributed by atoms with Gasteiger partial charge in [-0.3, -0.25) is 9.69 Å². The van der Waals surface area contributed by atoms with Gasteiger partial charge in [-0.25, -0.2) is 4.39 Å². The number of amides is 1. The summed E-state index contributed by atoms with van der Waals surface area (Å²) < 4.78 is 13.3. The van der Waals surface area contributed by atoms with E-state index in [1.807, 2.05) is 29.5 Å². The van der Waals surface area contributed by atoms with Crippen LogP contribution in [0, 0.1) is 12.7 Å². The third kappa shape index (κ3) is 5.49. The number of carbonyl (C=O) groups is 1. The second-order valence-corrected chi connectivity index (χ2v) is 7.70. The van der Waals surface area contributed by atoms with Crippen LogP contribution < -0.4 is 5.32 Å².